The Labute approximate surface area is 114 Å². The van der Waals surface area contributed by atoms with Crippen molar-refractivity contribution in [2.45, 2.75) is 25.3 Å². The Morgan fingerprint density at radius 1 is 1.21 bits per heavy atom. The third-order valence-corrected chi connectivity index (χ3v) is 3.46. The van der Waals surface area contributed by atoms with Gasteiger partial charge in [-0.2, -0.15) is 5.26 Å². The molecule has 1 aromatic rings. The number of hydrogen-bond donors (Lipinski definition) is 0. The van der Waals surface area contributed by atoms with Crippen molar-refractivity contribution in [1.82, 2.24) is 4.90 Å². The molecule has 0 aliphatic carbocycles. The van der Waals surface area contributed by atoms with Crippen molar-refractivity contribution in [1.29, 1.82) is 5.26 Å². The van der Waals surface area contributed by atoms with E-state index in [4.69, 9.17) is 9.47 Å². The molecule has 0 saturated carbocycles. The molecule has 4 nitrogen and oxygen atoms in total. The molecule has 19 heavy (non-hydrogen) atoms. The number of rotatable bonds is 3. The van der Waals surface area contributed by atoms with Crippen molar-refractivity contribution < 1.29 is 9.47 Å². The van der Waals surface area contributed by atoms with E-state index in [2.05, 4.69) is 13.0 Å². The number of nitriles is 1. The van der Waals surface area contributed by atoms with E-state index >= 15 is 0 Å². The molecule has 2 rings (SSSR count). The Bertz CT molecular complexity index is 480. The molecule has 102 valence electrons. The first-order valence-corrected chi connectivity index (χ1v) is 6.59. The average Bonchev–Trinajstić information content (AvgIpc) is 2.63. The highest BCUT2D eigenvalue weighted by atomic mass is 16.5. The van der Waals surface area contributed by atoms with E-state index in [1.54, 1.807) is 0 Å². The van der Waals surface area contributed by atoms with E-state index in [9.17, 15) is 5.26 Å². The van der Waals surface area contributed by atoms with Crippen LogP contribution < -0.4 is 9.47 Å². The summed E-state index contributed by atoms with van der Waals surface area (Å²) in [5.74, 6) is 1.71. The van der Waals surface area contributed by atoms with Crippen LogP contribution in [0.3, 0.4) is 0 Å². The molecule has 0 bridgehead atoms. The quantitative estimate of drug-likeness (QED) is 0.837. The minimum Gasteiger partial charge on any atom is -0.490 e. The predicted octanol–water partition coefficient (Wildman–Crippen LogP) is 2.41. The van der Waals surface area contributed by atoms with Crippen molar-refractivity contribution in [3.63, 3.8) is 0 Å². The van der Waals surface area contributed by atoms with Crippen molar-refractivity contribution in [2.75, 3.05) is 27.3 Å². The van der Waals surface area contributed by atoms with Crippen LogP contribution in [-0.2, 0) is 0 Å². The standard InChI is InChI=1S/C15H20N2O2/c1-11(13(10-16)17(2)3)12-5-6-14-15(9-12)19-8-4-7-18-14/h5-6,9,11,13H,4,7-8H2,1-3H3. The molecule has 2 unspecified atom stereocenters. The van der Waals surface area contributed by atoms with Crippen LogP contribution in [0.5, 0.6) is 11.5 Å². The summed E-state index contributed by atoms with van der Waals surface area (Å²) >= 11 is 0. The molecule has 1 aliphatic heterocycles. The maximum atomic E-state index is 9.26. The summed E-state index contributed by atoms with van der Waals surface area (Å²) in [5.41, 5.74) is 1.10. The van der Waals surface area contributed by atoms with Crippen LogP contribution in [0.2, 0.25) is 0 Å². The molecule has 0 spiro atoms. The SMILES string of the molecule is CC(c1ccc2c(c1)OCCCO2)C(C#N)N(C)C. The predicted molar refractivity (Wildman–Crippen MR) is 73.6 cm³/mol. The fourth-order valence-electron chi connectivity index (χ4n) is 2.32. The monoisotopic (exact) mass is 260 g/mol. The molecule has 0 aromatic heterocycles. The van der Waals surface area contributed by atoms with E-state index in [0.717, 1.165) is 23.5 Å². The summed E-state index contributed by atoms with van der Waals surface area (Å²) < 4.78 is 11.3. The summed E-state index contributed by atoms with van der Waals surface area (Å²) in [7, 11) is 3.85. The van der Waals surface area contributed by atoms with Gasteiger partial charge < -0.3 is 9.47 Å². The second-order valence-electron chi connectivity index (χ2n) is 5.08. The average molecular weight is 260 g/mol. The van der Waals surface area contributed by atoms with Gasteiger partial charge in [0.25, 0.3) is 0 Å². The first-order valence-electron chi connectivity index (χ1n) is 6.59. The van der Waals surface area contributed by atoms with Gasteiger partial charge in [0.1, 0.15) is 6.04 Å². The summed E-state index contributed by atoms with van der Waals surface area (Å²) in [6.07, 6.45) is 0.901. The Kier molecular flexibility index (Phi) is 4.28. The summed E-state index contributed by atoms with van der Waals surface area (Å²) in [6.45, 7) is 3.44. The maximum Gasteiger partial charge on any atom is 0.161 e. The minimum atomic E-state index is -0.148. The lowest BCUT2D eigenvalue weighted by atomic mass is 9.93. The van der Waals surface area contributed by atoms with Gasteiger partial charge in [0, 0.05) is 12.3 Å². The molecular weight excluding hydrogens is 240 g/mol. The van der Waals surface area contributed by atoms with Gasteiger partial charge >= 0.3 is 0 Å². The molecule has 0 N–H and O–H groups in total. The summed E-state index contributed by atoms with van der Waals surface area (Å²) in [6, 6.07) is 8.16. The third-order valence-electron chi connectivity index (χ3n) is 3.46. The molecule has 1 aromatic carbocycles. The van der Waals surface area contributed by atoms with E-state index in [1.165, 1.54) is 0 Å². The number of likely N-dealkylation sites (N-methyl/N-ethyl adjacent to an activating group) is 1. The first kappa shape index (κ1) is 13.7. The highest BCUT2D eigenvalue weighted by Crippen LogP contribution is 2.34. The minimum absolute atomic E-state index is 0.122. The van der Waals surface area contributed by atoms with Gasteiger partial charge in [-0.15, -0.1) is 0 Å². The lowest BCUT2D eigenvalue weighted by Crippen LogP contribution is -2.31. The molecule has 1 aliphatic rings. The molecule has 0 fully saturated rings. The Morgan fingerprint density at radius 3 is 2.53 bits per heavy atom. The van der Waals surface area contributed by atoms with Crippen molar-refractivity contribution in [3.05, 3.63) is 23.8 Å². The van der Waals surface area contributed by atoms with Crippen LogP contribution in [0.4, 0.5) is 0 Å². The number of ether oxygens (including phenoxy) is 2. The number of nitrogens with zero attached hydrogens (tertiary/aromatic N) is 2. The van der Waals surface area contributed by atoms with Gasteiger partial charge in [-0.05, 0) is 31.8 Å². The summed E-state index contributed by atoms with van der Waals surface area (Å²) in [5, 5.41) is 9.26. The Balaban J connectivity index is 2.26. The van der Waals surface area contributed by atoms with Crippen LogP contribution in [0.1, 0.15) is 24.8 Å². The first-order chi connectivity index (χ1) is 9.13. The molecule has 1 heterocycles. The zero-order valence-electron chi connectivity index (χ0n) is 11.7. The van der Waals surface area contributed by atoms with Crippen LogP contribution in [0.25, 0.3) is 0 Å². The zero-order chi connectivity index (χ0) is 13.8. The van der Waals surface area contributed by atoms with Gasteiger partial charge in [-0.25, -0.2) is 0 Å². The van der Waals surface area contributed by atoms with E-state index < -0.39 is 0 Å². The van der Waals surface area contributed by atoms with Gasteiger partial charge in [-0.1, -0.05) is 13.0 Å². The molecule has 0 amide bonds. The molecule has 4 heteroatoms. The number of fused-ring (bicyclic) bond motifs is 1. The van der Waals surface area contributed by atoms with E-state index in [0.29, 0.717) is 13.2 Å². The second-order valence-corrected chi connectivity index (χ2v) is 5.08. The third kappa shape index (κ3) is 2.99. The van der Waals surface area contributed by atoms with Gasteiger partial charge in [-0.3, -0.25) is 4.90 Å². The number of benzene rings is 1. The normalized spacial score (nSPS) is 17.4. The largest absolute Gasteiger partial charge is 0.490 e. The van der Waals surface area contributed by atoms with Gasteiger partial charge in [0.2, 0.25) is 0 Å². The van der Waals surface area contributed by atoms with Crippen molar-refractivity contribution in [3.8, 4) is 17.6 Å². The van der Waals surface area contributed by atoms with Crippen LogP contribution in [0, 0.1) is 11.3 Å². The zero-order valence-corrected chi connectivity index (χ0v) is 11.7. The number of hydrogen-bond acceptors (Lipinski definition) is 4. The van der Waals surface area contributed by atoms with Crippen molar-refractivity contribution >= 4 is 0 Å². The summed E-state index contributed by atoms with van der Waals surface area (Å²) in [4.78, 5) is 1.94. The van der Waals surface area contributed by atoms with Gasteiger partial charge in [0.15, 0.2) is 11.5 Å². The van der Waals surface area contributed by atoms with Crippen LogP contribution in [-0.4, -0.2) is 38.3 Å². The fraction of sp³-hybridized carbons (Fsp3) is 0.533. The fourth-order valence-corrected chi connectivity index (χ4v) is 2.32. The van der Waals surface area contributed by atoms with E-state index in [1.807, 2.05) is 37.2 Å². The second kappa shape index (κ2) is 5.94. The Morgan fingerprint density at radius 2 is 1.89 bits per heavy atom. The topological polar surface area (TPSA) is 45.5 Å². The smallest absolute Gasteiger partial charge is 0.161 e. The van der Waals surface area contributed by atoms with Crippen LogP contribution >= 0.6 is 0 Å². The van der Waals surface area contributed by atoms with Gasteiger partial charge in [0.05, 0.1) is 19.3 Å². The maximum absolute atomic E-state index is 9.26. The molecule has 2 atom stereocenters. The van der Waals surface area contributed by atoms with Crippen LogP contribution in [0.15, 0.2) is 18.2 Å². The van der Waals surface area contributed by atoms with E-state index in [-0.39, 0.29) is 12.0 Å². The Hall–Kier alpha value is -1.73. The molecule has 0 radical (unpaired) electrons. The highest BCUT2D eigenvalue weighted by Gasteiger charge is 2.22. The van der Waals surface area contributed by atoms with Crippen molar-refractivity contribution in [2.24, 2.45) is 0 Å². The molecular formula is C15H20N2O2. The highest BCUT2D eigenvalue weighted by molar-refractivity contribution is 5.44. The lowest BCUT2D eigenvalue weighted by molar-refractivity contribution is 0.296. The molecule has 0 saturated heterocycles. The lowest BCUT2D eigenvalue weighted by Gasteiger charge is -2.24.